The molecule has 2 aromatic heterocycles. The van der Waals surface area contributed by atoms with Crippen LogP contribution in [0.3, 0.4) is 0 Å². The van der Waals surface area contributed by atoms with Crippen molar-refractivity contribution in [2.75, 3.05) is 0 Å². The molecule has 0 saturated heterocycles. The summed E-state index contributed by atoms with van der Waals surface area (Å²) in [5.74, 6) is 1.02. The third kappa shape index (κ3) is 2.55. The lowest BCUT2D eigenvalue weighted by Crippen LogP contribution is -2.47. The molecule has 1 N–H and O–H groups in total. The van der Waals surface area contributed by atoms with E-state index in [1.807, 2.05) is 6.92 Å². The molecule has 112 valence electrons. The normalized spacial score (nSPS) is 18.6. The summed E-state index contributed by atoms with van der Waals surface area (Å²) in [6.45, 7) is 3.58. The summed E-state index contributed by atoms with van der Waals surface area (Å²) in [5, 5.41) is 11.3. The number of carbonyl (C=O) groups is 1. The lowest BCUT2D eigenvalue weighted by atomic mass is 9.96. The molecule has 1 amide bonds. The van der Waals surface area contributed by atoms with Gasteiger partial charge in [-0.3, -0.25) is 9.48 Å². The maximum atomic E-state index is 12.5. The fourth-order valence-corrected chi connectivity index (χ4v) is 2.85. The van der Waals surface area contributed by atoms with Gasteiger partial charge in [0.25, 0.3) is 0 Å². The molecule has 3 rings (SSSR count). The molecule has 21 heavy (non-hydrogen) atoms. The monoisotopic (exact) mass is 289 g/mol. The van der Waals surface area contributed by atoms with E-state index in [0.29, 0.717) is 11.7 Å². The van der Waals surface area contributed by atoms with Crippen LogP contribution in [0, 0.1) is 6.92 Å². The van der Waals surface area contributed by atoms with Crippen molar-refractivity contribution < 1.29 is 9.32 Å². The summed E-state index contributed by atoms with van der Waals surface area (Å²) >= 11 is 0. The molecule has 7 nitrogen and oxygen atoms in total. The van der Waals surface area contributed by atoms with Crippen molar-refractivity contribution in [3.8, 4) is 0 Å². The van der Waals surface area contributed by atoms with E-state index in [9.17, 15) is 4.79 Å². The van der Waals surface area contributed by atoms with Gasteiger partial charge in [0.05, 0.1) is 0 Å². The second-order valence-corrected chi connectivity index (χ2v) is 5.58. The van der Waals surface area contributed by atoms with E-state index in [1.165, 1.54) is 0 Å². The minimum atomic E-state index is -0.504. The van der Waals surface area contributed by atoms with Gasteiger partial charge in [-0.25, -0.2) is 0 Å². The van der Waals surface area contributed by atoms with Crippen molar-refractivity contribution in [3.63, 3.8) is 0 Å². The van der Waals surface area contributed by atoms with Crippen molar-refractivity contribution in [2.45, 2.75) is 51.1 Å². The Morgan fingerprint density at radius 3 is 2.81 bits per heavy atom. The number of aromatic nitrogens is 4. The predicted molar refractivity (Wildman–Crippen MR) is 74.3 cm³/mol. The smallest absolute Gasteiger partial charge is 0.245 e. The maximum absolute atomic E-state index is 12.5. The third-order valence-electron chi connectivity index (χ3n) is 4.08. The molecule has 1 fully saturated rings. The second kappa shape index (κ2) is 5.31. The zero-order chi connectivity index (χ0) is 14.9. The van der Waals surface area contributed by atoms with Crippen LogP contribution >= 0.6 is 0 Å². The molecule has 7 heteroatoms. The largest absolute Gasteiger partial charge is 0.341 e. The van der Waals surface area contributed by atoms with Crippen molar-refractivity contribution in [1.82, 2.24) is 25.2 Å². The van der Waals surface area contributed by atoms with E-state index in [1.54, 1.807) is 30.1 Å². The summed E-state index contributed by atoms with van der Waals surface area (Å²) in [6, 6.07) is 1.43. The van der Waals surface area contributed by atoms with Gasteiger partial charge in [0.2, 0.25) is 11.8 Å². The Balaban J connectivity index is 1.81. The first-order valence-electron chi connectivity index (χ1n) is 7.23. The van der Waals surface area contributed by atoms with Gasteiger partial charge in [-0.15, -0.1) is 0 Å². The number of nitrogens with one attached hydrogen (secondary N) is 1. The maximum Gasteiger partial charge on any atom is 0.245 e. The summed E-state index contributed by atoms with van der Waals surface area (Å²) in [4.78, 5) is 16.8. The van der Waals surface area contributed by atoms with Crippen molar-refractivity contribution in [1.29, 1.82) is 0 Å². The molecule has 1 unspecified atom stereocenters. The second-order valence-electron chi connectivity index (χ2n) is 5.58. The molecule has 1 atom stereocenters. The first kappa shape index (κ1) is 13.8. The molecule has 0 spiro atoms. The van der Waals surface area contributed by atoms with Crippen LogP contribution in [0.25, 0.3) is 0 Å². The SMILES string of the molecule is Cc1nc(C2(NC(=O)C(C)n3cccn3)CCCC2)no1. The number of rotatable bonds is 4. The van der Waals surface area contributed by atoms with Gasteiger partial charge in [-0.1, -0.05) is 18.0 Å². The van der Waals surface area contributed by atoms with E-state index in [-0.39, 0.29) is 11.9 Å². The number of nitrogens with zero attached hydrogens (tertiary/aromatic N) is 4. The average Bonchev–Trinajstić information content (AvgIpc) is 3.18. The lowest BCUT2D eigenvalue weighted by Gasteiger charge is -2.28. The van der Waals surface area contributed by atoms with Crippen molar-refractivity contribution in [2.24, 2.45) is 0 Å². The first-order valence-corrected chi connectivity index (χ1v) is 7.23. The average molecular weight is 289 g/mol. The number of aryl methyl sites for hydroxylation is 1. The van der Waals surface area contributed by atoms with Crippen molar-refractivity contribution >= 4 is 5.91 Å². The highest BCUT2D eigenvalue weighted by molar-refractivity contribution is 5.80. The molecule has 0 bridgehead atoms. The lowest BCUT2D eigenvalue weighted by molar-refractivity contribution is -0.126. The highest BCUT2D eigenvalue weighted by Gasteiger charge is 2.42. The van der Waals surface area contributed by atoms with Gasteiger partial charge in [-0.05, 0) is 25.8 Å². The summed E-state index contributed by atoms with van der Waals surface area (Å²) < 4.78 is 6.72. The van der Waals surface area contributed by atoms with Gasteiger partial charge in [0.1, 0.15) is 11.6 Å². The Bertz CT molecular complexity index is 613. The third-order valence-corrected chi connectivity index (χ3v) is 4.08. The molecule has 2 aromatic rings. The zero-order valence-electron chi connectivity index (χ0n) is 12.2. The highest BCUT2D eigenvalue weighted by atomic mass is 16.5. The molecule has 1 saturated carbocycles. The minimum absolute atomic E-state index is 0.0805. The molecule has 1 aliphatic rings. The van der Waals surface area contributed by atoms with Crippen LogP contribution in [-0.2, 0) is 10.3 Å². The molecule has 0 aliphatic heterocycles. The van der Waals surface area contributed by atoms with Crippen LogP contribution in [-0.4, -0.2) is 25.8 Å². The number of hydrogen-bond acceptors (Lipinski definition) is 5. The zero-order valence-corrected chi connectivity index (χ0v) is 12.2. The first-order chi connectivity index (χ1) is 10.1. The summed E-state index contributed by atoms with van der Waals surface area (Å²) in [5.41, 5.74) is -0.504. The van der Waals surface area contributed by atoms with Crippen LogP contribution in [0.4, 0.5) is 0 Å². The molecular formula is C14H19N5O2. The molecule has 1 aliphatic carbocycles. The fourth-order valence-electron chi connectivity index (χ4n) is 2.85. The van der Waals surface area contributed by atoms with E-state index in [0.717, 1.165) is 25.7 Å². The Morgan fingerprint density at radius 2 is 2.24 bits per heavy atom. The Hall–Kier alpha value is -2.18. The quantitative estimate of drug-likeness (QED) is 0.926. The summed E-state index contributed by atoms with van der Waals surface area (Å²) in [7, 11) is 0. The number of carbonyl (C=O) groups excluding carboxylic acids is 1. The van der Waals surface area contributed by atoms with Gasteiger partial charge in [0, 0.05) is 19.3 Å². The topological polar surface area (TPSA) is 85.8 Å². The molecule has 2 heterocycles. The van der Waals surface area contributed by atoms with Gasteiger partial charge >= 0.3 is 0 Å². The standard InChI is InChI=1S/C14H19N5O2/c1-10(19-9-5-8-15-19)12(20)17-14(6-3-4-7-14)13-16-11(2)21-18-13/h5,8-10H,3-4,6-7H2,1-2H3,(H,17,20). The van der Waals surface area contributed by atoms with Gasteiger partial charge in [0.15, 0.2) is 5.82 Å². The van der Waals surface area contributed by atoms with Crippen LogP contribution in [0.1, 0.15) is 50.4 Å². The molecular weight excluding hydrogens is 270 g/mol. The van der Waals surface area contributed by atoms with E-state index < -0.39 is 5.54 Å². The van der Waals surface area contributed by atoms with Crippen LogP contribution in [0.5, 0.6) is 0 Å². The number of amides is 1. The molecule has 0 radical (unpaired) electrons. The van der Waals surface area contributed by atoms with Crippen LogP contribution < -0.4 is 5.32 Å². The fraction of sp³-hybridized carbons (Fsp3) is 0.571. The van der Waals surface area contributed by atoms with E-state index in [2.05, 4.69) is 20.6 Å². The van der Waals surface area contributed by atoms with E-state index in [4.69, 9.17) is 4.52 Å². The number of hydrogen-bond donors (Lipinski definition) is 1. The highest BCUT2D eigenvalue weighted by Crippen LogP contribution is 2.37. The Morgan fingerprint density at radius 1 is 1.48 bits per heavy atom. The molecule has 0 aromatic carbocycles. The van der Waals surface area contributed by atoms with Crippen molar-refractivity contribution in [3.05, 3.63) is 30.2 Å². The van der Waals surface area contributed by atoms with E-state index >= 15 is 0 Å². The van der Waals surface area contributed by atoms with Gasteiger partial charge in [-0.2, -0.15) is 10.1 Å². The summed E-state index contributed by atoms with van der Waals surface area (Å²) in [6.07, 6.45) is 7.21. The van der Waals surface area contributed by atoms with Crippen LogP contribution in [0.2, 0.25) is 0 Å². The Kier molecular flexibility index (Phi) is 3.48. The minimum Gasteiger partial charge on any atom is -0.341 e. The van der Waals surface area contributed by atoms with Crippen LogP contribution in [0.15, 0.2) is 23.0 Å². The van der Waals surface area contributed by atoms with Gasteiger partial charge < -0.3 is 9.84 Å². The predicted octanol–water partition coefficient (Wildman–Crippen LogP) is 1.72. The Labute approximate surface area is 122 Å².